The van der Waals surface area contributed by atoms with Gasteiger partial charge in [-0.15, -0.1) is 0 Å². The molecule has 2 nitrogen and oxygen atoms in total. The molecule has 0 heterocycles. The topological polar surface area (TPSA) is 35.8 Å². The molecule has 0 bridgehead atoms. The van der Waals surface area contributed by atoms with Crippen LogP contribution >= 0.6 is 11.8 Å². The summed E-state index contributed by atoms with van der Waals surface area (Å²) in [5.74, 6) is 0.134. The van der Waals surface area contributed by atoms with E-state index < -0.39 is 0 Å². The summed E-state index contributed by atoms with van der Waals surface area (Å²) in [5, 5.41) is 12.5. The molecule has 12 heavy (non-hydrogen) atoms. The summed E-state index contributed by atoms with van der Waals surface area (Å²) >= 11 is 1.88. The molecule has 0 amide bonds. The maximum atomic E-state index is 8.50. The van der Waals surface area contributed by atoms with Crippen molar-refractivity contribution in [1.82, 2.24) is 5.32 Å². The summed E-state index contributed by atoms with van der Waals surface area (Å²) in [6.45, 7) is 6.00. The highest BCUT2D eigenvalue weighted by Crippen LogP contribution is 2.07. The summed E-state index contributed by atoms with van der Waals surface area (Å²) in [5.41, 5.74) is 0. The van der Waals surface area contributed by atoms with E-state index in [1.54, 1.807) is 0 Å². The van der Waals surface area contributed by atoms with Crippen LogP contribution in [0.15, 0.2) is 0 Å². The highest BCUT2D eigenvalue weighted by molar-refractivity contribution is 7.99. The molecule has 0 aromatic heterocycles. The number of nitrogens with one attached hydrogen (secondary N) is 1. The van der Waals surface area contributed by atoms with Crippen LogP contribution in [0, 0.1) is 17.2 Å². The molecule has 2 atom stereocenters. The quantitative estimate of drug-likeness (QED) is 0.643. The Balaban J connectivity index is 3.17. The van der Waals surface area contributed by atoms with Gasteiger partial charge in [-0.1, -0.05) is 6.92 Å². The van der Waals surface area contributed by atoms with Gasteiger partial charge in [-0.2, -0.15) is 17.0 Å². The normalized spacial score (nSPS) is 15.2. The van der Waals surface area contributed by atoms with Crippen molar-refractivity contribution in [2.24, 2.45) is 5.92 Å². The Labute approximate surface area is 79.7 Å². The van der Waals surface area contributed by atoms with Crippen LogP contribution in [0.4, 0.5) is 0 Å². The second-order valence-corrected chi connectivity index (χ2v) is 4.35. The fraction of sp³-hybridized carbons (Fsp3) is 0.889. The molecular weight excluding hydrogens is 168 g/mol. The lowest BCUT2D eigenvalue weighted by atomic mass is 10.2. The Bertz CT molecular complexity index is 142. The van der Waals surface area contributed by atoms with E-state index in [1.165, 1.54) is 6.42 Å². The number of hydrogen-bond acceptors (Lipinski definition) is 3. The molecule has 1 N–H and O–H groups in total. The molecule has 3 heteroatoms. The van der Waals surface area contributed by atoms with Gasteiger partial charge in [0.25, 0.3) is 0 Å². The van der Waals surface area contributed by atoms with Crippen LogP contribution in [0.1, 0.15) is 20.3 Å². The fourth-order valence-corrected chi connectivity index (χ4v) is 1.14. The largest absolute Gasteiger partial charge is 0.315 e. The van der Waals surface area contributed by atoms with E-state index in [0.717, 1.165) is 18.3 Å². The highest BCUT2D eigenvalue weighted by Gasteiger charge is 2.00. The van der Waals surface area contributed by atoms with Crippen molar-refractivity contribution >= 4 is 11.8 Å². The monoisotopic (exact) mass is 186 g/mol. The lowest BCUT2D eigenvalue weighted by Crippen LogP contribution is -2.23. The van der Waals surface area contributed by atoms with Gasteiger partial charge in [0.15, 0.2) is 0 Å². The van der Waals surface area contributed by atoms with Gasteiger partial charge in [0.2, 0.25) is 0 Å². The zero-order valence-electron chi connectivity index (χ0n) is 8.13. The average Bonchev–Trinajstić information content (AvgIpc) is 2.11. The maximum Gasteiger partial charge on any atom is 0.0666 e. The molecule has 0 aromatic carbocycles. The standard InChI is InChI=1S/C9H18N2S/c1-8(6-10)7-11-5-4-9(2)12-3/h8-9,11H,4-5,7H2,1-3H3. The van der Waals surface area contributed by atoms with Crippen LogP contribution in [0.3, 0.4) is 0 Å². The van der Waals surface area contributed by atoms with Gasteiger partial charge in [0, 0.05) is 11.8 Å². The van der Waals surface area contributed by atoms with Crippen molar-refractivity contribution in [1.29, 1.82) is 5.26 Å². The van der Waals surface area contributed by atoms with Gasteiger partial charge < -0.3 is 5.32 Å². The predicted octanol–water partition coefficient (Wildman–Crippen LogP) is 1.88. The van der Waals surface area contributed by atoms with Crippen molar-refractivity contribution in [3.05, 3.63) is 0 Å². The zero-order valence-corrected chi connectivity index (χ0v) is 8.95. The molecule has 2 unspecified atom stereocenters. The van der Waals surface area contributed by atoms with Crippen molar-refractivity contribution < 1.29 is 0 Å². The molecule has 0 radical (unpaired) electrons. The van der Waals surface area contributed by atoms with E-state index in [0.29, 0.717) is 0 Å². The minimum absolute atomic E-state index is 0.134. The van der Waals surface area contributed by atoms with Gasteiger partial charge in [-0.3, -0.25) is 0 Å². The molecule has 0 saturated heterocycles. The molecule has 0 aliphatic rings. The van der Waals surface area contributed by atoms with Crippen LogP contribution in [0.25, 0.3) is 0 Å². The van der Waals surface area contributed by atoms with Crippen LogP contribution in [-0.4, -0.2) is 24.6 Å². The third-order valence-electron chi connectivity index (χ3n) is 1.80. The molecule has 70 valence electrons. The maximum absolute atomic E-state index is 8.50. The number of thioether (sulfide) groups is 1. The third kappa shape index (κ3) is 6.51. The van der Waals surface area contributed by atoms with E-state index in [1.807, 2.05) is 18.7 Å². The molecule has 0 aromatic rings. The van der Waals surface area contributed by atoms with Gasteiger partial charge in [-0.25, -0.2) is 0 Å². The molecule has 0 saturated carbocycles. The van der Waals surface area contributed by atoms with E-state index in [2.05, 4.69) is 24.6 Å². The molecular formula is C9H18N2S. The van der Waals surface area contributed by atoms with Crippen LogP contribution in [0.2, 0.25) is 0 Å². The summed E-state index contributed by atoms with van der Waals surface area (Å²) in [4.78, 5) is 0. The zero-order chi connectivity index (χ0) is 9.40. The molecule has 0 aliphatic carbocycles. The van der Waals surface area contributed by atoms with E-state index in [-0.39, 0.29) is 5.92 Å². The predicted molar refractivity (Wildman–Crippen MR) is 55.2 cm³/mol. The van der Waals surface area contributed by atoms with E-state index >= 15 is 0 Å². The van der Waals surface area contributed by atoms with Gasteiger partial charge in [-0.05, 0) is 26.1 Å². The lowest BCUT2D eigenvalue weighted by molar-refractivity contribution is 0.584. The number of hydrogen-bond donors (Lipinski definition) is 1. The van der Waals surface area contributed by atoms with Crippen molar-refractivity contribution in [3.63, 3.8) is 0 Å². The van der Waals surface area contributed by atoms with Crippen molar-refractivity contribution in [3.8, 4) is 6.07 Å². The molecule has 0 fully saturated rings. The Kier molecular flexibility index (Phi) is 7.33. The lowest BCUT2D eigenvalue weighted by Gasteiger charge is -2.09. The first kappa shape index (κ1) is 11.8. The Morgan fingerprint density at radius 1 is 1.50 bits per heavy atom. The summed E-state index contributed by atoms with van der Waals surface area (Å²) in [6, 6.07) is 2.20. The van der Waals surface area contributed by atoms with E-state index in [9.17, 15) is 0 Å². The van der Waals surface area contributed by atoms with Gasteiger partial charge in [0.1, 0.15) is 0 Å². The SMILES string of the molecule is CSC(C)CCNCC(C)C#N. The number of nitrogens with zero attached hydrogens (tertiary/aromatic N) is 1. The first-order chi connectivity index (χ1) is 5.70. The number of rotatable bonds is 6. The summed E-state index contributed by atoms with van der Waals surface area (Å²) < 4.78 is 0. The van der Waals surface area contributed by atoms with Crippen molar-refractivity contribution in [2.75, 3.05) is 19.3 Å². The fourth-order valence-electron chi connectivity index (χ4n) is 0.787. The minimum atomic E-state index is 0.134. The molecule has 0 rings (SSSR count). The van der Waals surface area contributed by atoms with Crippen molar-refractivity contribution in [2.45, 2.75) is 25.5 Å². The second-order valence-electron chi connectivity index (χ2n) is 3.07. The van der Waals surface area contributed by atoms with Gasteiger partial charge >= 0.3 is 0 Å². The second kappa shape index (κ2) is 7.45. The first-order valence-electron chi connectivity index (χ1n) is 4.33. The Hall–Kier alpha value is -0.200. The van der Waals surface area contributed by atoms with Crippen LogP contribution in [0.5, 0.6) is 0 Å². The van der Waals surface area contributed by atoms with Gasteiger partial charge in [0.05, 0.1) is 12.0 Å². The first-order valence-corrected chi connectivity index (χ1v) is 5.62. The Morgan fingerprint density at radius 2 is 2.17 bits per heavy atom. The molecule has 0 aliphatic heterocycles. The summed E-state index contributed by atoms with van der Waals surface area (Å²) in [7, 11) is 0. The van der Waals surface area contributed by atoms with Crippen LogP contribution in [-0.2, 0) is 0 Å². The number of nitriles is 1. The van der Waals surface area contributed by atoms with E-state index in [4.69, 9.17) is 5.26 Å². The Morgan fingerprint density at radius 3 is 2.67 bits per heavy atom. The minimum Gasteiger partial charge on any atom is -0.315 e. The highest BCUT2D eigenvalue weighted by atomic mass is 32.2. The third-order valence-corrected chi connectivity index (χ3v) is 2.84. The average molecular weight is 186 g/mol. The van der Waals surface area contributed by atoms with Crippen LogP contribution < -0.4 is 5.32 Å². The molecule has 0 spiro atoms. The summed E-state index contributed by atoms with van der Waals surface area (Å²) in [6.07, 6.45) is 3.31. The smallest absolute Gasteiger partial charge is 0.0666 e.